The predicted octanol–water partition coefficient (Wildman–Crippen LogP) is 9.69. The van der Waals surface area contributed by atoms with Crippen LogP contribution in [0.4, 0.5) is 0 Å². The molecular weight excluding hydrogens is 592 g/mol. The smallest absolute Gasteiger partial charge is 0.120 e. The first-order chi connectivity index (χ1) is 23.7. The second-order valence-corrected chi connectivity index (χ2v) is 12.7. The maximum absolute atomic E-state index is 6.26. The van der Waals surface area contributed by atoms with Gasteiger partial charge in [0.2, 0.25) is 0 Å². The van der Waals surface area contributed by atoms with Crippen LogP contribution in [0.3, 0.4) is 0 Å². The minimum absolute atomic E-state index is 0.529. The Balaban J connectivity index is 1.15. The summed E-state index contributed by atoms with van der Waals surface area (Å²) in [7, 11) is 0. The van der Waals surface area contributed by atoms with E-state index in [1.807, 2.05) is 42.5 Å². The van der Waals surface area contributed by atoms with Crippen LogP contribution in [0, 0.1) is 6.92 Å². The standard InChI is InChI=1S/C43H44N2O3/c1-33-41-29-40(48-32-36-14-7-3-8-15-36)22-23-42(41)45(30-34-18-20-38(21-19-34)46-27-26-44-24-9-4-10-25-44)43(33)37-16-11-17-39(28-37)47-31-35-12-5-2-6-13-35/h2-3,5-8,11-23,28-29H,4,9-10,24-27,30-32H2,1H3. The summed E-state index contributed by atoms with van der Waals surface area (Å²) in [6.45, 7) is 8.11. The van der Waals surface area contributed by atoms with Crippen LogP contribution in [-0.4, -0.2) is 35.7 Å². The lowest BCUT2D eigenvalue weighted by Crippen LogP contribution is -2.33. The molecule has 7 rings (SSSR count). The zero-order chi connectivity index (χ0) is 32.5. The lowest BCUT2D eigenvalue weighted by molar-refractivity contribution is 0.183. The minimum atomic E-state index is 0.529. The number of nitrogens with zero attached hydrogens (tertiary/aromatic N) is 2. The first-order valence-corrected chi connectivity index (χ1v) is 17.2. The van der Waals surface area contributed by atoms with E-state index in [1.54, 1.807) is 0 Å². The fourth-order valence-corrected chi connectivity index (χ4v) is 6.69. The van der Waals surface area contributed by atoms with Crippen molar-refractivity contribution < 1.29 is 14.2 Å². The normalized spacial score (nSPS) is 13.4. The van der Waals surface area contributed by atoms with Gasteiger partial charge in [-0.25, -0.2) is 0 Å². The molecule has 1 saturated heterocycles. The topological polar surface area (TPSA) is 35.9 Å². The van der Waals surface area contributed by atoms with E-state index < -0.39 is 0 Å². The van der Waals surface area contributed by atoms with Crippen molar-refractivity contribution in [3.05, 3.63) is 150 Å². The quantitative estimate of drug-likeness (QED) is 0.126. The summed E-state index contributed by atoms with van der Waals surface area (Å²) in [5.74, 6) is 2.64. The van der Waals surface area contributed by atoms with E-state index >= 15 is 0 Å². The number of fused-ring (bicyclic) bond motifs is 1. The van der Waals surface area contributed by atoms with Gasteiger partial charge >= 0.3 is 0 Å². The number of ether oxygens (including phenoxy) is 3. The van der Waals surface area contributed by atoms with E-state index in [9.17, 15) is 0 Å². The number of piperidine rings is 1. The molecule has 0 aliphatic carbocycles. The van der Waals surface area contributed by atoms with Crippen LogP contribution in [0.5, 0.6) is 17.2 Å². The minimum Gasteiger partial charge on any atom is -0.492 e. The Bertz CT molecular complexity index is 1910. The summed E-state index contributed by atoms with van der Waals surface area (Å²) in [5.41, 5.74) is 8.21. The summed E-state index contributed by atoms with van der Waals surface area (Å²) in [4.78, 5) is 2.51. The number of aryl methyl sites for hydroxylation is 1. The van der Waals surface area contributed by atoms with Crippen LogP contribution in [-0.2, 0) is 19.8 Å². The molecule has 1 fully saturated rings. The van der Waals surface area contributed by atoms with E-state index in [0.29, 0.717) is 13.2 Å². The van der Waals surface area contributed by atoms with Gasteiger partial charge in [0.05, 0.1) is 5.69 Å². The number of rotatable bonds is 13. The highest BCUT2D eigenvalue weighted by molar-refractivity contribution is 5.92. The molecule has 0 atom stereocenters. The monoisotopic (exact) mass is 636 g/mol. The second kappa shape index (κ2) is 15.3. The van der Waals surface area contributed by atoms with E-state index in [1.165, 1.54) is 60.1 Å². The molecular formula is C43H44N2O3. The molecule has 0 bridgehead atoms. The lowest BCUT2D eigenvalue weighted by Gasteiger charge is -2.26. The maximum Gasteiger partial charge on any atom is 0.120 e. The van der Waals surface area contributed by atoms with E-state index in [-0.39, 0.29) is 0 Å². The lowest BCUT2D eigenvalue weighted by atomic mass is 10.1. The van der Waals surface area contributed by atoms with Crippen LogP contribution in [0.1, 0.15) is 41.5 Å². The zero-order valence-electron chi connectivity index (χ0n) is 27.8. The summed E-state index contributed by atoms with van der Waals surface area (Å²) in [6, 6.07) is 44.1. The molecule has 6 aromatic rings. The number of aromatic nitrogens is 1. The van der Waals surface area contributed by atoms with Crippen molar-refractivity contribution in [1.29, 1.82) is 0 Å². The molecule has 2 heterocycles. The van der Waals surface area contributed by atoms with Crippen molar-refractivity contribution in [2.24, 2.45) is 0 Å². The van der Waals surface area contributed by atoms with Crippen LogP contribution < -0.4 is 14.2 Å². The van der Waals surface area contributed by atoms with Crippen molar-refractivity contribution in [3.63, 3.8) is 0 Å². The average molecular weight is 637 g/mol. The molecule has 0 spiro atoms. The van der Waals surface area contributed by atoms with Gasteiger partial charge in [-0.1, -0.05) is 91.3 Å². The van der Waals surface area contributed by atoms with E-state index in [4.69, 9.17) is 14.2 Å². The third-order valence-electron chi connectivity index (χ3n) is 9.28. The number of likely N-dealkylation sites (tertiary alicyclic amines) is 1. The summed E-state index contributed by atoms with van der Waals surface area (Å²) in [6.07, 6.45) is 3.96. The van der Waals surface area contributed by atoms with Gasteiger partial charge in [0.25, 0.3) is 0 Å². The molecule has 0 radical (unpaired) electrons. The summed E-state index contributed by atoms with van der Waals surface area (Å²) < 4.78 is 21.1. The second-order valence-electron chi connectivity index (χ2n) is 12.7. The van der Waals surface area contributed by atoms with Gasteiger partial charge in [0.1, 0.15) is 37.1 Å². The molecule has 5 heteroatoms. The van der Waals surface area contributed by atoms with Crippen molar-refractivity contribution >= 4 is 10.9 Å². The first-order valence-electron chi connectivity index (χ1n) is 17.2. The molecule has 0 unspecified atom stereocenters. The van der Waals surface area contributed by atoms with E-state index in [2.05, 4.69) is 101 Å². The molecule has 5 nitrogen and oxygen atoms in total. The fraction of sp³-hybridized carbons (Fsp3) is 0.256. The van der Waals surface area contributed by atoms with Crippen molar-refractivity contribution in [3.8, 4) is 28.5 Å². The number of benzene rings is 5. The maximum atomic E-state index is 6.26. The Morgan fingerprint density at radius 2 is 1.21 bits per heavy atom. The molecule has 0 amide bonds. The van der Waals surface area contributed by atoms with Crippen LogP contribution in [0.2, 0.25) is 0 Å². The number of hydrogen-bond acceptors (Lipinski definition) is 4. The Kier molecular flexibility index (Phi) is 10.0. The predicted molar refractivity (Wildman–Crippen MR) is 195 cm³/mol. The van der Waals surface area contributed by atoms with Gasteiger partial charge in [-0.15, -0.1) is 0 Å². The molecule has 1 aliphatic rings. The van der Waals surface area contributed by atoms with Gasteiger partial charge in [0.15, 0.2) is 0 Å². The molecule has 0 saturated carbocycles. The van der Waals surface area contributed by atoms with Crippen molar-refractivity contribution in [2.75, 3.05) is 26.2 Å². The third-order valence-corrected chi connectivity index (χ3v) is 9.28. The summed E-state index contributed by atoms with van der Waals surface area (Å²) in [5, 5.41) is 1.18. The highest BCUT2D eigenvalue weighted by Gasteiger charge is 2.18. The molecule has 48 heavy (non-hydrogen) atoms. The van der Waals surface area contributed by atoms with E-state index in [0.717, 1.165) is 53.6 Å². The zero-order valence-corrected chi connectivity index (χ0v) is 27.8. The first kappa shape index (κ1) is 31.6. The van der Waals surface area contributed by atoms with Crippen LogP contribution in [0.25, 0.3) is 22.2 Å². The SMILES string of the molecule is Cc1c(-c2cccc(OCc3ccccc3)c2)n(Cc2ccc(OCCN3CCCCC3)cc2)c2ccc(OCc3ccccc3)cc12. The Hall–Kier alpha value is -5.00. The number of hydrogen-bond donors (Lipinski definition) is 0. The molecule has 5 aromatic carbocycles. The van der Waals surface area contributed by atoms with Crippen molar-refractivity contribution in [1.82, 2.24) is 9.47 Å². The molecule has 1 aromatic heterocycles. The molecule has 244 valence electrons. The fourth-order valence-electron chi connectivity index (χ4n) is 6.69. The Morgan fingerprint density at radius 3 is 1.90 bits per heavy atom. The third kappa shape index (κ3) is 7.75. The largest absolute Gasteiger partial charge is 0.492 e. The Labute approximate surface area is 284 Å². The van der Waals surface area contributed by atoms with Crippen LogP contribution in [0.15, 0.2) is 127 Å². The summed E-state index contributed by atoms with van der Waals surface area (Å²) >= 11 is 0. The van der Waals surface area contributed by atoms with Gasteiger partial charge in [0, 0.05) is 29.6 Å². The highest BCUT2D eigenvalue weighted by Crippen LogP contribution is 2.37. The highest BCUT2D eigenvalue weighted by atomic mass is 16.5. The van der Waals surface area contributed by atoms with Crippen molar-refractivity contribution in [2.45, 2.75) is 45.9 Å². The van der Waals surface area contributed by atoms with Gasteiger partial charge < -0.3 is 18.8 Å². The van der Waals surface area contributed by atoms with Crippen LogP contribution >= 0.6 is 0 Å². The van der Waals surface area contributed by atoms with Gasteiger partial charge in [-0.2, -0.15) is 0 Å². The van der Waals surface area contributed by atoms with Gasteiger partial charge in [-0.3, -0.25) is 4.90 Å². The molecule has 0 N–H and O–H groups in total. The molecule has 1 aliphatic heterocycles. The Morgan fingerprint density at radius 1 is 0.562 bits per heavy atom. The van der Waals surface area contributed by atoms with Gasteiger partial charge in [-0.05, 0) is 97.6 Å². The average Bonchev–Trinajstić information content (AvgIpc) is 3.41.